The summed E-state index contributed by atoms with van der Waals surface area (Å²) in [5, 5.41) is 24.6. The average Bonchev–Trinajstić information content (AvgIpc) is 2.78. The molecule has 0 saturated carbocycles. The third kappa shape index (κ3) is 2.94. The number of nitrogens with one attached hydrogen (secondary N) is 2. The molecule has 3 N–H and O–H groups in total. The predicted octanol–water partition coefficient (Wildman–Crippen LogP) is 1.06. The van der Waals surface area contributed by atoms with Gasteiger partial charge in [0.2, 0.25) is 5.91 Å². The minimum atomic E-state index is -0.674. The maximum absolute atomic E-state index is 11.7. The van der Waals surface area contributed by atoms with Gasteiger partial charge in [-0.2, -0.15) is 0 Å². The van der Waals surface area contributed by atoms with Gasteiger partial charge in [0.25, 0.3) is 10.9 Å². The lowest BCUT2D eigenvalue weighted by Crippen LogP contribution is -2.38. The summed E-state index contributed by atoms with van der Waals surface area (Å²) >= 11 is 0.992. The molecule has 9 heteroatoms. The van der Waals surface area contributed by atoms with Crippen molar-refractivity contribution in [1.29, 1.82) is 0 Å². The summed E-state index contributed by atoms with van der Waals surface area (Å²) in [7, 11) is 0. The molecule has 0 bridgehead atoms. The van der Waals surface area contributed by atoms with Gasteiger partial charge in [-0.25, -0.2) is 0 Å². The molecule has 0 aliphatic carbocycles. The summed E-state index contributed by atoms with van der Waals surface area (Å²) in [4.78, 5) is 32.5. The second-order valence-corrected chi connectivity index (χ2v) is 4.74. The topological polar surface area (TPSA) is 122 Å². The Hall–Kier alpha value is -2.29. The van der Waals surface area contributed by atoms with Crippen molar-refractivity contribution >= 4 is 34.3 Å². The number of carbonyl (C=O) groups excluding carboxylic acids is 2. The van der Waals surface area contributed by atoms with Crippen molar-refractivity contribution in [1.82, 2.24) is 5.32 Å². The van der Waals surface area contributed by atoms with Crippen LogP contribution in [0.5, 0.6) is 5.75 Å². The molecule has 0 aromatic heterocycles. The van der Waals surface area contributed by atoms with Crippen LogP contribution in [0.3, 0.4) is 0 Å². The molecule has 19 heavy (non-hydrogen) atoms. The van der Waals surface area contributed by atoms with E-state index < -0.39 is 22.6 Å². The van der Waals surface area contributed by atoms with Gasteiger partial charge in [0.1, 0.15) is 11.8 Å². The van der Waals surface area contributed by atoms with E-state index in [0.717, 1.165) is 23.9 Å². The summed E-state index contributed by atoms with van der Waals surface area (Å²) in [6.45, 7) is 0. The van der Waals surface area contributed by atoms with E-state index in [9.17, 15) is 24.8 Å². The van der Waals surface area contributed by atoms with Gasteiger partial charge in [0.15, 0.2) is 0 Å². The normalized spacial score (nSPS) is 17.9. The number of nitro groups is 1. The van der Waals surface area contributed by atoms with Gasteiger partial charge in [-0.3, -0.25) is 19.7 Å². The zero-order valence-corrected chi connectivity index (χ0v) is 10.3. The SMILES string of the molecule is O=C1NC(C(=O)Nc2ccc([N+](=O)[O-])cc2O)CS1. The molecule has 2 rings (SSSR count). The van der Waals surface area contributed by atoms with Gasteiger partial charge in [0, 0.05) is 11.8 Å². The fourth-order valence-electron chi connectivity index (χ4n) is 1.48. The molecule has 1 fully saturated rings. The highest BCUT2D eigenvalue weighted by molar-refractivity contribution is 8.14. The Kier molecular flexibility index (Phi) is 3.56. The summed E-state index contributed by atoms with van der Waals surface area (Å²) in [6, 6.07) is 2.66. The molecule has 1 unspecified atom stereocenters. The van der Waals surface area contributed by atoms with Crippen LogP contribution < -0.4 is 10.6 Å². The van der Waals surface area contributed by atoms with Gasteiger partial charge in [-0.15, -0.1) is 0 Å². The number of phenols is 1. The first-order valence-corrected chi connectivity index (χ1v) is 6.17. The lowest BCUT2D eigenvalue weighted by molar-refractivity contribution is -0.384. The summed E-state index contributed by atoms with van der Waals surface area (Å²) in [5.41, 5.74) is -0.220. The Morgan fingerprint density at radius 2 is 2.32 bits per heavy atom. The maximum Gasteiger partial charge on any atom is 0.279 e. The van der Waals surface area contributed by atoms with E-state index in [2.05, 4.69) is 10.6 Å². The molecule has 100 valence electrons. The van der Waals surface area contributed by atoms with Crippen LogP contribution in [0.2, 0.25) is 0 Å². The molecule has 1 atom stereocenters. The van der Waals surface area contributed by atoms with E-state index in [0.29, 0.717) is 5.75 Å². The Labute approximate surface area is 111 Å². The maximum atomic E-state index is 11.7. The number of rotatable bonds is 3. The molecule has 1 aromatic rings. The number of carbonyl (C=O) groups is 2. The van der Waals surface area contributed by atoms with Crippen molar-refractivity contribution in [2.45, 2.75) is 6.04 Å². The number of nitrogens with zero attached hydrogens (tertiary/aromatic N) is 1. The van der Waals surface area contributed by atoms with E-state index in [1.54, 1.807) is 0 Å². The second kappa shape index (κ2) is 5.14. The van der Waals surface area contributed by atoms with Crippen molar-refractivity contribution in [2.24, 2.45) is 0 Å². The monoisotopic (exact) mass is 283 g/mol. The Balaban J connectivity index is 2.09. The quantitative estimate of drug-likeness (QED) is 0.433. The van der Waals surface area contributed by atoms with E-state index in [-0.39, 0.29) is 16.6 Å². The van der Waals surface area contributed by atoms with Crippen LogP contribution in [-0.4, -0.2) is 33.0 Å². The first kappa shape index (κ1) is 13.1. The molecule has 2 amide bonds. The lowest BCUT2D eigenvalue weighted by Gasteiger charge is -2.11. The van der Waals surface area contributed by atoms with Crippen LogP contribution in [0, 0.1) is 10.1 Å². The highest BCUT2D eigenvalue weighted by Crippen LogP contribution is 2.28. The first-order valence-electron chi connectivity index (χ1n) is 5.19. The zero-order valence-electron chi connectivity index (χ0n) is 9.45. The van der Waals surface area contributed by atoms with E-state index in [4.69, 9.17) is 0 Å². The molecule has 1 aliphatic rings. The minimum Gasteiger partial charge on any atom is -0.506 e. The van der Waals surface area contributed by atoms with Crippen LogP contribution in [0.4, 0.5) is 16.2 Å². The Bertz CT molecular complexity index is 562. The van der Waals surface area contributed by atoms with Crippen molar-refractivity contribution in [3.05, 3.63) is 28.3 Å². The molecule has 1 heterocycles. The van der Waals surface area contributed by atoms with Gasteiger partial charge >= 0.3 is 0 Å². The molecule has 1 aromatic carbocycles. The van der Waals surface area contributed by atoms with Crippen LogP contribution in [0.1, 0.15) is 0 Å². The van der Waals surface area contributed by atoms with Gasteiger partial charge in [0.05, 0.1) is 16.7 Å². The number of anilines is 1. The van der Waals surface area contributed by atoms with E-state index >= 15 is 0 Å². The van der Waals surface area contributed by atoms with Crippen molar-refractivity contribution in [3.63, 3.8) is 0 Å². The van der Waals surface area contributed by atoms with Gasteiger partial charge in [-0.1, -0.05) is 11.8 Å². The van der Waals surface area contributed by atoms with Crippen LogP contribution in [0.15, 0.2) is 18.2 Å². The lowest BCUT2D eigenvalue weighted by atomic mass is 10.2. The fraction of sp³-hybridized carbons (Fsp3) is 0.200. The van der Waals surface area contributed by atoms with Crippen molar-refractivity contribution in [2.75, 3.05) is 11.1 Å². The number of thioether (sulfide) groups is 1. The number of aromatic hydroxyl groups is 1. The molecule has 8 nitrogen and oxygen atoms in total. The predicted molar refractivity (Wildman–Crippen MR) is 68.2 cm³/mol. The first-order chi connectivity index (χ1) is 8.97. The number of benzene rings is 1. The van der Waals surface area contributed by atoms with Crippen molar-refractivity contribution in [3.8, 4) is 5.75 Å². The number of hydrogen-bond acceptors (Lipinski definition) is 6. The minimum absolute atomic E-state index is 0.0572. The number of non-ortho nitro benzene ring substituents is 1. The number of nitro benzene ring substituents is 1. The average molecular weight is 283 g/mol. The van der Waals surface area contributed by atoms with E-state index in [1.807, 2.05) is 0 Å². The van der Waals surface area contributed by atoms with Crippen LogP contribution in [0.25, 0.3) is 0 Å². The Morgan fingerprint density at radius 1 is 1.58 bits per heavy atom. The smallest absolute Gasteiger partial charge is 0.279 e. The molecule has 1 aliphatic heterocycles. The van der Waals surface area contributed by atoms with Gasteiger partial charge < -0.3 is 15.7 Å². The van der Waals surface area contributed by atoms with Gasteiger partial charge in [-0.05, 0) is 6.07 Å². The summed E-state index contributed by atoms with van der Waals surface area (Å²) in [5.74, 6) is -0.583. The molecule has 0 radical (unpaired) electrons. The third-order valence-corrected chi connectivity index (χ3v) is 3.32. The molecular formula is C10H9N3O5S. The number of phenolic OH excluding ortho intramolecular Hbond substituents is 1. The zero-order chi connectivity index (χ0) is 14.0. The second-order valence-electron chi connectivity index (χ2n) is 3.74. The van der Waals surface area contributed by atoms with Crippen molar-refractivity contribution < 1.29 is 19.6 Å². The standard InChI is InChI=1S/C10H9N3O5S/c14-8-3-5(13(17)18)1-2-6(8)11-9(15)7-4-19-10(16)12-7/h1-3,7,14H,4H2,(H,11,15)(H,12,16). The summed E-state index contributed by atoms with van der Waals surface area (Å²) in [6.07, 6.45) is 0. The highest BCUT2D eigenvalue weighted by Gasteiger charge is 2.28. The number of hydrogen-bond donors (Lipinski definition) is 3. The van der Waals surface area contributed by atoms with Crippen LogP contribution in [-0.2, 0) is 4.79 Å². The molecular weight excluding hydrogens is 274 g/mol. The van der Waals surface area contributed by atoms with Crippen LogP contribution >= 0.6 is 11.8 Å². The largest absolute Gasteiger partial charge is 0.506 e. The third-order valence-electron chi connectivity index (χ3n) is 2.44. The summed E-state index contributed by atoms with van der Waals surface area (Å²) < 4.78 is 0. The molecule has 1 saturated heterocycles. The van der Waals surface area contributed by atoms with E-state index in [1.165, 1.54) is 6.07 Å². The number of amides is 2. The fourth-order valence-corrected chi connectivity index (χ4v) is 2.26. The molecule has 0 spiro atoms. The Morgan fingerprint density at radius 3 is 2.84 bits per heavy atom. The highest BCUT2D eigenvalue weighted by atomic mass is 32.2.